The van der Waals surface area contributed by atoms with E-state index >= 15 is 0 Å². The first-order valence-corrected chi connectivity index (χ1v) is 8.35. The summed E-state index contributed by atoms with van der Waals surface area (Å²) in [6.45, 7) is 2.79. The van der Waals surface area contributed by atoms with Gasteiger partial charge in [-0.15, -0.1) is 0 Å². The first-order valence-electron chi connectivity index (χ1n) is 8.35. The average molecular weight is 332 g/mol. The Morgan fingerprint density at radius 3 is 2.00 bits per heavy atom. The van der Waals surface area contributed by atoms with Crippen LogP contribution in [-0.4, -0.2) is 17.7 Å². The molecule has 0 radical (unpaired) electrons. The second kappa shape index (κ2) is 7.67. The van der Waals surface area contributed by atoms with Gasteiger partial charge in [-0.05, 0) is 41.3 Å². The van der Waals surface area contributed by atoms with Gasteiger partial charge in [0.15, 0.2) is 0 Å². The lowest BCUT2D eigenvalue weighted by molar-refractivity contribution is 0.0697. The maximum absolute atomic E-state index is 10.9. The first kappa shape index (κ1) is 16.8. The van der Waals surface area contributed by atoms with Gasteiger partial charge in [-0.2, -0.15) is 0 Å². The minimum absolute atomic E-state index is 0.294. The fraction of sp³-hybridized carbons (Fsp3) is 0.136. The summed E-state index contributed by atoms with van der Waals surface area (Å²) < 4.78 is 5.84. The van der Waals surface area contributed by atoms with Gasteiger partial charge in [0, 0.05) is 5.56 Å². The Bertz CT molecular complexity index is 849. The zero-order chi connectivity index (χ0) is 17.6. The molecule has 0 fully saturated rings. The lowest BCUT2D eigenvalue weighted by atomic mass is 9.99. The van der Waals surface area contributed by atoms with E-state index in [1.165, 1.54) is 0 Å². The highest BCUT2D eigenvalue weighted by molar-refractivity contribution is 5.88. The van der Waals surface area contributed by atoms with Crippen molar-refractivity contribution in [3.05, 3.63) is 78.4 Å². The second-order valence-corrected chi connectivity index (χ2v) is 5.80. The van der Waals surface area contributed by atoms with Crippen LogP contribution in [0.25, 0.3) is 22.3 Å². The van der Waals surface area contributed by atoms with Crippen molar-refractivity contribution >= 4 is 5.97 Å². The average Bonchev–Trinajstić information content (AvgIpc) is 2.67. The predicted octanol–water partition coefficient (Wildman–Crippen LogP) is 5.51. The lowest BCUT2D eigenvalue weighted by Gasteiger charge is -2.11. The number of ether oxygens (including phenoxy) is 1. The number of carboxylic acid groups (broad SMARTS) is 1. The number of rotatable bonds is 6. The van der Waals surface area contributed by atoms with E-state index in [0.29, 0.717) is 12.2 Å². The summed E-state index contributed by atoms with van der Waals surface area (Å²) in [6.07, 6.45) is 0.972. The Hall–Kier alpha value is -3.07. The van der Waals surface area contributed by atoms with Gasteiger partial charge >= 0.3 is 5.97 Å². The largest absolute Gasteiger partial charge is 0.493 e. The fourth-order valence-corrected chi connectivity index (χ4v) is 2.69. The Labute approximate surface area is 147 Å². The molecule has 3 aromatic rings. The lowest BCUT2D eigenvalue weighted by Crippen LogP contribution is -1.96. The maximum Gasteiger partial charge on any atom is 0.335 e. The zero-order valence-corrected chi connectivity index (χ0v) is 14.1. The molecule has 0 amide bonds. The molecule has 1 N–H and O–H groups in total. The summed E-state index contributed by atoms with van der Waals surface area (Å²) in [5.74, 6) is -0.0199. The summed E-state index contributed by atoms with van der Waals surface area (Å²) in [6, 6.07) is 23.2. The molecule has 0 aliphatic heterocycles. The molecular formula is C22H20O3. The van der Waals surface area contributed by atoms with E-state index in [-0.39, 0.29) is 0 Å². The standard InChI is InChI=1S/C22H20O3/c1-2-15-25-21-6-4-3-5-20(21)18-11-7-16(8-12-18)17-9-13-19(14-10-17)22(23)24/h3-14H,2,15H2,1H3,(H,23,24). The molecule has 3 aromatic carbocycles. The maximum atomic E-state index is 10.9. The molecule has 0 aliphatic carbocycles. The van der Waals surface area contributed by atoms with E-state index in [4.69, 9.17) is 9.84 Å². The Morgan fingerprint density at radius 1 is 0.840 bits per heavy atom. The highest BCUT2D eigenvalue weighted by atomic mass is 16.5. The van der Waals surface area contributed by atoms with Crippen molar-refractivity contribution in [1.29, 1.82) is 0 Å². The topological polar surface area (TPSA) is 46.5 Å². The molecule has 0 spiro atoms. The minimum atomic E-state index is -0.911. The van der Waals surface area contributed by atoms with Gasteiger partial charge in [-0.1, -0.05) is 61.5 Å². The highest BCUT2D eigenvalue weighted by Gasteiger charge is 2.07. The number of hydrogen-bond acceptors (Lipinski definition) is 2. The monoisotopic (exact) mass is 332 g/mol. The molecule has 3 heteroatoms. The molecule has 0 aromatic heterocycles. The van der Waals surface area contributed by atoms with Crippen LogP contribution in [-0.2, 0) is 0 Å². The van der Waals surface area contributed by atoms with E-state index in [2.05, 4.69) is 25.1 Å². The van der Waals surface area contributed by atoms with Gasteiger partial charge in [-0.25, -0.2) is 4.79 Å². The van der Waals surface area contributed by atoms with Crippen LogP contribution in [0.2, 0.25) is 0 Å². The molecule has 0 unspecified atom stereocenters. The minimum Gasteiger partial charge on any atom is -0.493 e. The second-order valence-electron chi connectivity index (χ2n) is 5.80. The third-order valence-corrected chi connectivity index (χ3v) is 4.01. The SMILES string of the molecule is CCCOc1ccccc1-c1ccc(-c2ccc(C(=O)O)cc2)cc1. The van der Waals surface area contributed by atoms with Crippen molar-refractivity contribution in [2.24, 2.45) is 0 Å². The molecular weight excluding hydrogens is 312 g/mol. The number of para-hydroxylation sites is 1. The Balaban J connectivity index is 1.86. The molecule has 0 atom stereocenters. The van der Waals surface area contributed by atoms with Crippen molar-refractivity contribution in [1.82, 2.24) is 0 Å². The molecule has 3 nitrogen and oxygen atoms in total. The van der Waals surface area contributed by atoms with E-state index < -0.39 is 5.97 Å². The van der Waals surface area contributed by atoms with Crippen LogP contribution in [0, 0.1) is 0 Å². The van der Waals surface area contributed by atoms with Crippen LogP contribution in [0.5, 0.6) is 5.75 Å². The summed E-state index contributed by atoms with van der Waals surface area (Å²) in [5.41, 5.74) is 4.50. The highest BCUT2D eigenvalue weighted by Crippen LogP contribution is 2.31. The van der Waals surface area contributed by atoms with Crippen LogP contribution >= 0.6 is 0 Å². The number of carbonyl (C=O) groups is 1. The molecule has 25 heavy (non-hydrogen) atoms. The van der Waals surface area contributed by atoms with Gasteiger partial charge in [0.1, 0.15) is 5.75 Å². The van der Waals surface area contributed by atoms with Gasteiger partial charge < -0.3 is 9.84 Å². The summed E-state index contributed by atoms with van der Waals surface area (Å²) >= 11 is 0. The molecule has 0 heterocycles. The Kier molecular flexibility index (Phi) is 5.14. The quantitative estimate of drug-likeness (QED) is 0.647. The van der Waals surface area contributed by atoms with Gasteiger partial charge in [0.2, 0.25) is 0 Å². The smallest absolute Gasteiger partial charge is 0.335 e. The number of benzene rings is 3. The third-order valence-electron chi connectivity index (χ3n) is 4.01. The summed E-state index contributed by atoms with van der Waals surface area (Å²) in [5, 5.41) is 8.98. The van der Waals surface area contributed by atoms with Crippen molar-refractivity contribution in [3.63, 3.8) is 0 Å². The van der Waals surface area contributed by atoms with E-state index in [1.807, 2.05) is 42.5 Å². The number of hydrogen-bond donors (Lipinski definition) is 1. The molecule has 3 rings (SSSR count). The van der Waals surface area contributed by atoms with Crippen LogP contribution in [0.15, 0.2) is 72.8 Å². The van der Waals surface area contributed by atoms with Crippen molar-refractivity contribution in [2.45, 2.75) is 13.3 Å². The van der Waals surface area contributed by atoms with Crippen molar-refractivity contribution < 1.29 is 14.6 Å². The van der Waals surface area contributed by atoms with Crippen LogP contribution < -0.4 is 4.74 Å². The Morgan fingerprint density at radius 2 is 1.40 bits per heavy atom. The summed E-state index contributed by atoms with van der Waals surface area (Å²) in [4.78, 5) is 10.9. The molecule has 0 aliphatic rings. The molecule has 0 saturated carbocycles. The van der Waals surface area contributed by atoms with E-state index in [1.54, 1.807) is 12.1 Å². The summed E-state index contributed by atoms with van der Waals surface area (Å²) in [7, 11) is 0. The molecule has 0 bridgehead atoms. The van der Waals surface area contributed by atoms with Crippen LogP contribution in [0.1, 0.15) is 23.7 Å². The van der Waals surface area contributed by atoms with E-state index in [9.17, 15) is 4.79 Å². The number of aromatic carboxylic acids is 1. The first-order chi connectivity index (χ1) is 12.2. The zero-order valence-electron chi connectivity index (χ0n) is 14.1. The van der Waals surface area contributed by atoms with Crippen molar-refractivity contribution in [3.8, 4) is 28.0 Å². The van der Waals surface area contributed by atoms with Crippen molar-refractivity contribution in [2.75, 3.05) is 6.61 Å². The molecule has 0 saturated heterocycles. The van der Waals surface area contributed by atoms with E-state index in [0.717, 1.165) is 34.4 Å². The third kappa shape index (κ3) is 3.89. The fourth-order valence-electron chi connectivity index (χ4n) is 2.69. The predicted molar refractivity (Wildman–Crippen MR) is 100 cm³/mol. The molecule has 126 valence electrons. The normalized spacial score (nSPS) is 10.4. The van der Waals surface area contributed by atoms with Gasteiger partial charge in [-0.3, -0.25) is 0 Å². The van der Waals surface area contributed by atoms with Crippen LogP contribution in [0.4, 0.5) is 0 Å². The van der Waals surface area contributed by atoms with Crippen LogP contribution in [0.3, 0.4) is 0 Å². The van der Waals surface area contributed by atoms with Gasteiger partial charge in [0.25, 0.3) is 0 Å². The number of carboxylic acids is 1. The van der Waals surface area contributed by atoms with Gasteiger partial charge in [0.05, 0.1) is 12.2 Å².